The van der Waals surface area contributed by atoms with Gasteiger partial charge < -0.3 is 18.6 Å². The Morgan fingerprint density at radius 3 is 2.66 bits per heavy atom. The third kappa shape index (κ3) is 4.92. The smallest absolute Gasteiger partial charge is 0.338 e. The molecule has 2 aromatic carbocycles. The molecule has 0 radical (unpaired) electrons. The number of methoxy groups -OCH3 is 1. The van der Waals surface area contributed by atoms with Crippen LogP contribution in [0.2, 0.25) is 0 Å². The van der Waals surface area contributed by atoms with Crippen LogP contribution in [0.5, 0.6) is 11.5 Å². The number of carbonyl (C=O) groups is 1. The van der Waals surface area contributed by atoms with Crippen molar-refractivity contribution < 1.29 is 23.4 Å². The molecule has 0 saturated heterocycles. The number of carbonyl (C=O) groups excluding carboxylic acids is 1. The first-order chi connectivity index (χ1) is 18.5. The number of esters is 1. The normalized spacial score (nSPS) is 15.1. The molecule has 1 aliphatic heterocycles. The maximum Gasteiger partial charge on any atom is 0.338 e. The summed E-state index contributed by atoms with van der Waals surface area (Å²) in [6, 6.07) is 18.2. The zero-order chi connectivity index (χ0) is 26.6. The van der Waals surface area contributed by atoms with Gasteiger partial charge in [0.25, 0.3) is 5.56 Å². The second-order valence-electron chi connectivity index (χ2n) is 8.48. The molecule has 38 heavy (non-hydrogen) atoms. The van der Waals surface area contributed by atoms with Gasteiger partial charge in [0.05, 0.1) is 30.1 Å². The number of rotatable bonds is 8. The fourth-order valence-electron chi connectivity index (χ4n) is 4.25. The molecule has 1 aliphatic rings. The molecule has 194 valence electrons. The number of hydrogen-bond donors (Lipinski definition) is 0. The van der Waals surface area contributed by atoms with E-state index in [-0.39, 0.29) is 17.7 Å². The van der Waals surface area contributed by atoms with Crippen molar-refractivity contribution in [2.45, 2.75) is 26.5 Å². The van der Waals surface area contributed by atoms with Gasteiger partial charge in [-0.25, -0.2) is 9.79 Å². The highest BCUT2D eigenvalue weighted by atomic mass is 32.1. The van der Waals surface area contributed by atoms with Crippen molar-refractivity contribution in [1.82, 2.24) is 4.57 Å². The molecule has 9 heteroatoms. The van der Waals surface area contributed by atoms with Crippen molar-refractivity contribution in [1.29, 1.82) is 0 Å². The highest BCUT2D eigenvalue weighted by molar-refractivity contribution is 7.07. The van der Waals surface area contributed by atoms with Crippen LogP contribution >= 0.6 is 11.3 Å². The molecule has 4 aromatic rings. The lowest BCUT2D eigenvalue weighted by Crippen LogP contribution is -2.35. The predicted molar refractivity (Wildman–Crippen MR) is 144 cm³/mol. The second kappa shape index (κ2) is 10.9. The first-order valence-corrected chi connectivity index (χ1v) is 12.9. The van der Waals surface area contributed by atoms with Crippen LogP contribution in [-0.4, -0.2) is 24.3 Å². The van der Waals surface area contributed by atoms with Crippen LogP contribution < -0.4 is 24.4 Å². The van der Waals surface area contributed by atoms with Gasteiger partial charge in [0, 0.05) is 5.70 Å². The average Bonchev–Trinajstić information content (AvgIpc) is 3.57. The Kier molecular flexibility index (Phi) is 7.28. The van der Waals surface area contributed by atoms with Gasteiger partial charge in [-0.15, -0.1) is 0 Å². The van der Waals surface area contributed by atoms with Crippen LogP contribution in [0.15, 0.2) is 86.7 Å². The molecule has 0 aliphatic carbocycles. The van der Waals surface area contributed by atoms with Crippen LogP contribution in [0.4, 0.5) is 0 Å². The summed E-state index contributed by atoms with van der Waals surface area (Å²) >= 11 is 1.24. The number of ether oxygens (including phenoxy) is 3. The van der Waals surface area contributed by atoms with Crippen molar-refractivity contribution in [3.63, 3.8) is 0 Å². The summed E-state index contributed by atoms with van der Waals surface area (Å²) in [4.78, 5) is 31.5. The molecule has 8 nitrogen and oxygen atoms in total. The molecule has 3 heterocycles. The Hall–Kier alpha value is -4.37. The second-order valence-corrected chi connectivity index (χ2v) is 9.49. The van der Waals surface area contributed by atoms with E-state index in [1.165, 1.54) is 22.2 Å². The van der Waals surface area contributed by atoms with Gasteiger partial charge in [0.2, 0.25) is 0 Å². The summed E-state index contributed by atoms with van der Waals surface area (Å²) in [7, 11) is 1.58. The SMILES string of the molecule is CCOC(=O)C1=C(C)n2c(s/c(=C\c3ccc(OCc4ccccc4)c(OC)c3)c2=O)=N[C@H]1c1ccco1. The fourth-order valence-corrected chi connectivity index (χ4v) is 5.29. The Labute approximate surface area is 222 Å². The number of thiazole rings is 1. The summed E-state index contributed by atoms with van der Waals surface area (Å²) in [5, 5.41) is 0. The molecule has 0 saturated carbocycles. The van der Waals surface area contributed by atoms with E-state index in [1.54, 1.807) is 39.2 Å². The number of fused-ring (bicyclic) bond motifs is 1. The lowest BCUT2D eigenvalue weighted by Gasteiger charge is -2.20. The van der Waals surface area contributed by atoms with Crippen LogP contribution in [0.3, 0.4) is 0 Å². The van der Waals surface area contributed by atoms with Gasteiger partial charge >= 0.3 is 5.97 Å². The number of benzene rings is 2. The Balaban J connectivity index is 1.53. The first kappa shape index (κ1) is 25.3. The van der Waals surface area contributed by atoms with Crippen LogP contribution in [0.25, 0.3) is 11.8 Å². The number of nitrogens with zero attached hydrogens (tertiary/aromatic N) is 2. The van der Waals surface area contributed by atoms with Gasteiger partial charge in [-0.1, -0.05) is 47.7 Å². The topological polar surface area (TPSA) is 92.3 Å². The lowest BCUT2D eigenvalue weighted by molar-refractivity contribution is -0.138. The Bertz CT molecular complexity index is 1670. The van der Waals surface area contributed by atoms with E-state index >= 15 is 0 Å². The Morgan fingerprint density at radius 2 is 1.95 bits per heavy atom. The molecule has 0 fully saturated rings. The zero-order valence-corrected chi connectivity index (χ0v) is 22.0. The number of hydrogen-bond acceptors (Lipinski definition) is 8. The molecule has 0 amide bonds. The number of furan rings is 1. The minimum absolute atomic E-state index is 0.206. The van der Waals surface area contributed by atoms with E-state index in [0.29, 0.717) is 38.9 Å². The molecule has 5 rings (SSSR count). The molecule has 2 aromatic heterocycles. The fraction of sp³-hybridized carbons (Fsp3) is 0.207. The summed E-state index contributed by atoms with van der Waals surface area (Å²) in [5.74, 6) is 1.13. The average molecular weight is 531 g/mol. The van der Waals surface area contributed by atoms with Crippen molar-refractivity contribution in [3.05, 3.63) is 109 Å². The summed E-state index contributed by atoms with van der Waals surface area (Å²) in [6.45, 7) is 4.07. The van der Waals surface area contributed by atoms with Gasteiger partial charge in [-0.2, -0.15) is 0 Å². The van der Waals surface area contributed by atoms with Crippen LogP contribution in [-0.2, 0) is 16.1 Å². The van der Waals surface area contributed by atoms with Crippen molar-refractivity contribution in [2.75, 3.05) is 13.7 Å². The summed E-state index contributed by atoms with van der Waals surface area (Å²) in [5.41, 5.74) is 2.29. The number of allylic oxidation sites excluding steroid dienone is 1. The minimum Gasteiger partial charge on any atom is -0.493 e. The van der Waals surface area contributed by atoms with Crippen molar-refractivity contribution in [2.24, 2.45) is 4.99 Å². The highest BCUT2D eigenvalue weighted by Gasteiger charge is 2.32. The van der Waals surface area contributed by atoms with Crippen LogP contribution in [0.1, 0.15) is 36.8 Å². The monoisotopic (exact) mass is 530 g/mol. The van der Waals surface area contributed by atoms with E-state index in [2.05, 4.69) is 0 Å². The molecule has 0 N–H and O–H groups in total. The third-order valence-corrected chi connectivity index (χ3v) is 7.06. The van der Waals surface area contributed by atoms with E-state index in [4.69, 9.17) is 23.6 Å². The minimum atomic E-state index is -0.698. The maximum absolute atomic E-state index is 13.4. The first-order valence-electron chi connectivity index (χ1n) is 12.1. The van der Waals surface area contributed by atoms with Crippen molar-refractivity contribution >= 4 is 29.1 Å². The standard InChI is InChI=1S/C29H26N2O6S/c1-4-35-28(33)25-18(2)31-27(32)24(38-29(31)30-26(25)22-11-8-14-36-22)16-20-12-13-21(23(15-20)34-3)37-17-19-9-6-5-7-10-19/h5-16,26H,4,17H2,1-3H3/b24-16-/t26-/m0/s1. The maximum atomic E-state index is 13.4. The van der Waals surface area contributed by atoms with Crippen molar-refractivity contribution in [3.8, 4) is 11.5 Å². The number of aromatic nitrogens is 1. The third-order valence-electron chi connectivity index (χ3n) is 6.08. The predicted octanol–water partition coefficient (Wildman–Crippen LogP) is 4.09. The van der Waals surface area contributed by atoms with Crippen LogP contribution in [0, 0.1) is 0 Å². The molecular formula is C29H26N2O6S. The van der Waals surface area contributed by atoms with E-state index < -0.39 is 12.0 Å². The van der Waals surface area contributed by atoms with Gasteiger partial charge in [-0.05, 0) is 55.3 Å². The van der Waals surface area contributed by atoms with Gasteiger partial charge in [-0.3, -0.25) is 9.36 Å². The molecule has 1 atom stereocenters. The lowest BCUT2D eigenvalue weighted by atomic mass is 10.0. The highest BCUT2D eigenvalue weighted by Crippen LogP contribution is 2.32. The zero-order valence-electron chi connectivity index (χ0n) is 21.2. The van der Waals surface area contributed by atoms with E-state index in [9.17, 15) is 9.59 Å². The molecule has 0 spiro atoms. The molecular weight excluding hydrogens is 504 g/mol. The Morgan fingerprint density at radius 1 is 1.13 bits per heavy atom. The molecule has 0 unspecified atom stereocenters. The summed E-state index contributed by atoms with van der Waals surface area (Å²) in [6.07, 6.45) is 3.30. The van der Waals surface area contributed by atoms with Gasteiger partial charge in [0.1, 0.15) is 18.4 Å². The molecule has 0 bridgehead atoms. The van der Waals surface area contributed by atoms with Gasteiger partial charge in [0.15, 0.2) is 16.3 Å². The quantitative estimate of drug-likeness (QED) is 0.319. The van der Waals surface area contributed by atoms with E-state index in [1.807, 2.05) is 48.5 Å². The van der Waals surface area contributed by atoms with E-state index in [0.717, 1.165) is 11.1 Å². The largest absolute Gasteiger partial charge is 0.493 e. The summed E-state index contributed by atoms with van der Waals surface area (Å²) < 4.78 is 24.3.